The molecular formula is C21H24F3N3O5. The molecule has 3 aliphatic rings. The van der Waals surface area contributed by atoms with Crippen molar-refractivity contribution in [1.82, 2.24) is 15.5 Å². The number of alkyl halides is 3. The van der Waals surface area contributed by atoms with Gasteiger partial charge in [0.05, 0.1) is 11.0 Å². The monoisotopic (exact) mass is 455 g/mol. The maximum atomic E-state index is 13.0. The first kappa shape index (κ1) is 23.6. The van der Waals surface area contributed by atoms with E-state index >= 15 is 0 Å². The van der Waals surface area contributed by atoms with Crippen LogP contribution in [0, 0.1) is 5.41 Å². The van der Waals surface area contributed by atoms with E-state index in [-0.39, 0.29) is 23.3 Å². The van der Waals surface area contributed by atoms with Crippen LogP contribution in [0.1, 0.15) is 23.2 Å². The summed E-state index contributed by atoms with van der Waals surface area (Å²) in [5, 5.41) is 13.4. The number of halogens is 3. The van der Waals surface area contributed by atoms with Gasteiger partial charge in [0.1, 0.15) is 12.4 Å². The molecule has 1 aromatic carbocycles. The van der Waals surface area contributed by atoms with Gasteiger partial charge in [0.2, 0.25) is 5.91 Å². The lowest BCUT2D eigenvalue weighted by molar-refractivity contribution is -0.192. The summed E-state index contributed by atoms with van der Waals surface area (Å²) in [6, 6.07) is 7.28. The number of carboxylic acid groups (broad SMARTS) is 1. The van der Waals surface area contributed by atoms with Crippen molar-refractivity contribution in [1.29, 1.82) is 0 Å². The predicted molar refractivity (Wildman–Crippen MR) is 107 cm³/mol. The molecule has 1 aromatic rings. The average Bonchev–Trinajstić information content (AvgIpc) is 3.17. The van der Waals surface area contributed by atoms with Crippen molar-refractivity contribution in [2.75, 3.05) is 32.8 Å². The molecule has 2 fully saturated rings. The van der Waals surface area contributed by atoms with Crippen LogP contribution >= 0.6 is 0 Å². The van der Waals surface area contributed by atoms with Gasteiger partial charge in [-0.2, -0.15) is 13.2 Å². The van der Waals surface area contributed by atoms with Crippen LogP contribution in [0.15, 0.2) is 36.4 Å². The van der Waals surface area contributed by atoms with Crippen LogP contribution < -0.4 is 15.4 Å². The maximum absolute atomic E-state index is 13.0. The van der Waals surface area contributed by atoms with Gasteiger partial charge in [-0.25, -0.2) is 4.79 Å². The number of nitrogens with one attached hydrogen (secondary N) is 2. The van der Waals surface area contributed by atoms with Crippen LogP contribution in [-0.2, 0) is 9.59 Å². The van der Waals surface area contributed by atoms with Gasteiger partial charge in [0, 0.05) is 32.2 Å². The molecule has 174 valence electrons. The molecule has 3 N–H and O–H groups in total. The molecule has 2 bridgehead atoms. The minimum Gasteiger partial charge on any atom is -0.489 e. The molecule has 0 aliphatic carbocycles. The SMILES string of the molecule is O=C(O)C(F)(F)F.O=C1N[C@H]2CCN(C2)C(=O)C2(CC=CCOc3ccccc31)CNC2. The summed E-state index contributed by atoms with van der Waals surface area (Å²) in [5.74, 6) is -2.11. The van der Waals surface area contributed by atoms with E-state index in [1.807, 2.05) is 35.3 Å². The summed E-state index contributed by atoms with van der Waals surface area (Å²) >= 11 is 0. The maximum Gasteiger partial charge on any atom is 0.490 e. The van der Waals surface area contributed by atoms with Crippen LogP contribution in [0.4, 0.5) is 13.2 Å². The lowest BCUT2D eigenvalue weighted by Crippen LogP contribution is -2.61. The Morgan fingerprint density at radius 2 is 1.88 bits per heavy atom. The Balaban J connectivity index is 0.000000360. The number of rotatable bonds is 0. The third kappa shape index (κ3) is 5.39. The molecule has 3 heterocycles. The van der Waals surface area contributed by atoms with Gasteiger partial charge < -0.3 is 25.4 Å². The number of amides is 2. The fraction of sp³-hybridized carbons (Fsp3) is 0.476. The largest absolute Gasteiger partial charge is 0.490 e. The molecule has 32 heavy (non-hydrogen) atoms. The Bertz CT molecular complexity index is 899. The number of hydrogen-bond acceptors (Lipinski definition) is 5. The molecule has 1 spiro atoms. The van der Waals surface area contributed by atoms with Gasteiger partial charge in [-0.05, 0) is 25.0 Å². The summed E-state index contributed by atoms with van der Waals surface area (Å²) < 4.78 is 37.5. The van der Waals surface area contributed by atoms with Crippen molar-refractivity contribution >= 4 is 17.8 Å². The van der Waals surface area contributed by atoms with Crippen molar-refractivity contribution in [3.63, 3.8) is 0 Å². The van der Waals surface area contributed by atoms with Crippen LogP contribution in [0.3, 0.4) is 0 Å². The van der Waals surface area contributed by atoms with Crippen LogP contribution in [-0.4, -0.2) is 72.8 Å². The number of nitrogens with zero attached hydrogens (tertiary/aromatic N) is 1. The molecule has 0 saturated carbocycles. The van der Waals surface area contributed by atoms with Crippen molar-refractivity contribution in [2.24, 2.45) is 5.41 Å². The second kappa shape index (κ2) is 9.60. The molecular weight excluding hydrogens is 431 g/mol. The Kier molecular flexibility index (Phi) is 7.07. The number of allylic oxidation sites excluding steroid dienone is 1. The van der Waals surface area contributed by atoms with Gasteiger partial charge in [-0.1, -0.05) is 24.3 Å². The molecule has 3 aliphatic heterocycles. The summed E-state index contributed by atoms with van der Waals surface area (Å²) in [6.07, 6.45) is 0.387. The minimum atomic E-state index is -5.08. The fourth-order valence-electron chi connectivity index (χ4n) is 3.77. The number of fused-ring (bicyclic) bond motifs is 3. The molecule has 2 saturated heterocycles. The first-order chi connectivity index (χ1) is 15.1. The van der Waals surface area contributed by atoms with E-state index in [1.54, 1.807) is 6.07 Å². The zero-order valence-corrected chi connectivity index (χ0v) is 17.2. The number of aliphatic carboxylic acids is 1. The molecule has 0 unspecified atom stereocenters. The third-order valence-electron chi connectivity index (χ3n) is 5.58. The van der Waals surface area contributed by atoms with Gasteiger partial charge in [-0.3, -0.25) is 9.59 Å². The molecule has 0 radical (unpaired) electrons. The van der Waals surface area contributed by atoms with Crippen molar-refractivity contribution in [2.45, 2.75) is 25.1 Å². The normalized spacial score (nSPS) is 22.5. The number of hydrogen-bond donors (Lipinski definition) is 3. The number of benzene rings is 1. The average molecular weight is 455 g/mol. The van der Waals surface area contributed by atoms with Crippen molar-refractivity contribution < 1.29 is 37.4 Å². The van der Waals surface area contributed by atoms with E-state index < -0.39 is 12.1 Å². The highest BCUT2D eigenvalue weighted by Crippen LogP contribution is 2.32. The minimum absolute atomic E-state index is 0.00641. The predicted octanol–water partition coefficient (Wildman–Crippen LogP) is 1.58. The quantitative estimate of drug-likeness (QED) is 0.513. The van der Waals surface area contributed by atoms with Crippen LogP contribution in [0.25, 0.3) is 0 Å². The third-order valence-corrected chi connectivity index (χ3v) is 5.58. The topological polar surface area (TPSA) is 108 Å². The Morgan fingerprint density at radius 3 is 2.50 bits per heavy atom. The molecule has 0 aromatic heterocycles. The number of carboxylic acids is 1. The lowest BCUT2D eigenvalue weighted by atomic mass is 9.77. The standard InChI is InChI=1S/C19H23N3O3.C2HF3O2/c23-17-15-5-1-2-6-16(15)25-10-4-3-8-19(12-20-13-19)18(24)22-9-7-14(11-22)21-17;3-2(4,5)1(6)7/h1-6,14,20H,7-13H2,(H,21,23);(H,6,7)/t14-;/m0./s1. The zero-order valence-electron chi connectivity index (χ0n) is 17.2. The molecule has 11 heteroatoms. The molecule has 1 atom stereocenters. The zero-order chi connectivity index (χ0) is 23.4. The van der Waals surface area contributed by atoms with Crippen LogP contribution in [0.5, 0.6) is 5.75 Å². The van der Waals surface area contributed by atoms with Gasteiger partial charge in [0.25, 0.3) is 5.91 Å². The Morgan fingerprint density at radius 1 is 1.19 bits per heavy atom. The highest BCUT2D eigenvalue weighted by Gasteiger charge is 2.46. The first-order valence-electron chi connectivity index (χ1n) is 10.1. The smallest absolute Gasteiger partial charge is 0.489 e. The van der Waals surface area contributed by atoms with Gasteiger partial charge >= 0.3 is 12.1 Å². The first-order valence-corrected chi connectivity index (χ1v) is 10.1. The molecule has 2 amide bonds. The summed E-state index contributed by atoms with van der Waals surface area (Å²) in [5.41, 5.74) is 0.203. The second-order valence-electron chi connectivity index (χ2n) is 7.88. The Hall–Kier alpha value is -3.08. The summed E-state index contributed by atoms with van der Waals surface area (Å²) in [4.78, 5) is 36.4. The van der Waals surface area contributed by atoms with Gasteiger partial charge in [0.15, 0.2) is 0 Å². The lowest BCUT2D eigenvalue weighted by Gasteiger charge is -2.43. The number of ether oxygens (including phenoxy) is 1. The van der Waals surface area contributed by atoms with Crippen molar-refractivity contribution in [3.8, 4) is 5.75 Å². The summed E-state index contributed by atoms with van der Waals surface area (Å²) in [6.45, 7) is 3.10. The number of para-hydroxylation sites is 1. The number of carbonyl (C=O) groups is 3. The number of carbonyl (C=O) groups excluding carboxylic acids is 2. The van der Waals surface area contributed by atoms with Crippen LogP contribution in [0.2, 0.25) is 0 Å². The molecule has 4 rings (SSSR count). The van der Waals surface area contributed by atoms with E-state index in [4.69, 9.17) is 14.6 Å². The highest BCUT2D eigenvalue weighted by atomic mass is 19.4. The fourth-order valence-corrected chi connectivity index (χ4v) is 3.77. The van der Waals surface area contributed by atoms with E-state index in [0.717, 1.165) is 12.8 Å². The van der Waals surface area contributed by atoms with E-state index in [2.05, 4.69) is 10.6 Å². The molecule has 8 nitrogen and oxygen atoms in total. The van der Waals surface area contributed by atoms with E-state index in [1.165, 1.54) is 0 Å². The highest BCUT2D eigenvalue weighted by molar-refractivity contribution is 5.97. The Labute approximate surface area is 182 Å². The second-order valence-corrected chi connectivity index (χ2v) is 7.88. The van der Waals surface area contributed by atoms with Gasteiger partial charge in [-0.15, -0.1) is 0 Å². The van der Waals surface area contributed by atoms with Crippen molar-refractivity contribution in [3.05, 3.63) is 42.0 Å². The van der Waals surface area contributed by atoms with E-state index in [9.17, 15) is 22.8 Å². The van der Waals surface area contributed by atoms with E-state index in [0.29, 0.717) is 44.1 Å². The summed E-state index contributed by atoms with van der Waals surface area (Å²) in [7, 11) is 0.